The van der Waals surface area contributed by atoms with E-state index in [-0.39, 0.29) is 24.6 Å². The first kappa shape index (κ1) is 16.3. The third-order valence-electron chi connectivity index (χ3n) is 4.49. The summed E-state index contributed by atoms with van der Waals surface area (Å²) in [6.07, 6.45) is 3.55. The molecule has 3 aromatic rings. The van der Waals surface area contributed by atoms with Gasteiger partial charge in [0.15, 0.2) is 17.1 Å². The molecular weight excluding hydrogens is 336 g/mol. The van der Waals surface area contributed by atoms with Gasteiger partial charge in [0.2, 0.25) is 0 Å². The second-order valence-corrected chi connectivity index (χ2v) is 6.22. The van der Waals surface area contributed by atoms with E-state index < -0.39 is 11.9 Å². The maximum absolute atomic E-state index is 12.6. The first-order valence-electron chi connectivity index (χ1n) is 8.53. The zero-order chi connectivity index (χ0) is 18.3. The van der Waals surface area contributed by atoms with E-state index in [1.54, 1.807) is 13.0 Å². The predicted octanol–water partition coefficient (Wildman–Crippen LogP) is 1.76. The molecule has 2 N–H and O–H groups in total. The van der Waals surface area contributed by atoms with E-state index in [1.807, 2.05) is 12.1 Å². The second-order valence-electron chi connectivity index (χ2n) is 6.22. The molecule has 4 rings (SSSR count). The summed E-state index contributed by atoms with van der Waals surface area (Å²) in [5.41, 5.74) is 1.57. The number of benzene rings is 1. The third kappa shape index (κ3) is 2.63. The SMILES string of the molecule is CCOC(=O)CNC(=O)c1c(O)c2cccc(C3CC3)c2c2ncnn12. The first-order chi connectivity index (χ1) is 12.6. The minimum Gasteiger partial charge on any atom is -0.505 e. The van der Waals surface area contributed by atoms with Crippen molar-refractivity contribution in [2.75, 3.05) is 13.2 Å². The van der Waals surface area contributed by atoms with Gasteiger partial charge in [-0.15, -0.1) is 0 Å². The number of rotatable bonds is 5. The van der Waals surface area contributed by atoms with Crippen molar-refractivity contribution in [1.82, 2.24) is 19.9 Å². The van der Waals surface area contributed by atoms with Crippen molar-refractivity contribution in [1.29, 1.82) is 0 Å². The number of hydrogen-bond acceptors (Lipinski definition) is 6. The lowest BCUT2D eigenvalue weighted by molar-refractivity contribution is -0.141. The van der Waals surface area contributed by atoms with Crippen LogP contribution in [0.2, 0.25) is 0 Å². The van der Waals surface area contributed by atoms with Gasteiger partial charge in [-0.2, -0.15) is 5.10 Å². The molecular formula is C18H18N4O4. The highest BCUT2D eigenvalue weighted by Crippen LogP contribution is 2.45. The van der Waals surface area contributed by atoms with Crippen LogP contribution in [0.15, 0.2) is 24.5 Å². The number of nitrogens with one attached hydrogen (secondary N) is 1. The van der Waals surface area contributed by atoms with Gasteiger partial charge in [-0.1, -0.05) is 18.2 Å². The van der Waals surface area contributed by atoms with Crippen molar-refractivity contribution in [2.45, 2.75) is 25.7 Å². The molecule has 0 spiro atoms. The molecule has 8 nitrogen and oxygen atoms in total. The van der Waals surface area contributed by atoms with E-state index in [0.29, 0.717) is 17.0 Å². The predicted molar refractivity (Wildman–Crippen MR) is 93.1 cm³/mol. The molecule has 0 saturated heterocycles. The number of hydrogen-bond donors (Lipinski definition) is 2. The molecule has 1 fully saturated rings. The van der Waals surface area contributed by atoms with Crippen molar-refractivity contribution in [3.05, 3.63) is 35.8 Å². The summed E-state index contributed by atoms with van der Waals surface area (Å²) < 4.78 is 6.12. The minimum absolute atomic E-state index is 0.0535. The highest BCUT2D eigenvalue weighted by atomic mass is 16.5. The van der Waals surface area contributed by atoms with E-state index in [2.05, 4.69) is 15.4 Å². The number of carbonyl (C=O) groups excluding carboxylic acids is 2. The fraction of sp³-hybridized carbons (Fsp3) is 0.333. The standard InChI is InChI=1S/C18H18N4O4/c1-2-26-13(23)8-19-18(25)15-16(24)12-5-3-4-11(10-6-7-10)14(12)17-20-9-21-22(15)17/h3-5,9-10,24H,2,6-8H2,1H3,(H,19,25). The molecule has 0 aliphatic heterocycles. The van der Waals surface area contributed by atoms with Crippen LogP contribution in [0.25, 0.3) is 16.4 Å². The van der Waals surface area contributed by atoms with Gasteiger partial charge in [0.05, 0.1) is 6.61 Å². The Morgan fingerprint density at radius 2 is 2.19 bits per heavy atom. The maximum atomic E-state index is 12.6. The lowest BCUT2D eigenvalue weighted by Crippen LogP contribution is -2.32. The van der Waals surface area contributed by atoms with E-state index in [4.69, 9.17) is 4.74 Å². The highest BCUT2D eigenvalue weighted by molar-refractivity contribution is 6.08. The van der Waals surface area contributed by atoms with E-state index in [9.17, 15) is 14.7 Å². The largest absolute Gasteiger partial charge is 0.505 e. The van der Waals surface area contributed by atoms with Crippen molar-refractivity contribution in [2.24, 2.45) is 0 Å². The minimum atomic E-state index is -0.621. The van der Waals surface area contributed by atoms with E-state index >= 15 is 0 Å². The zero-order valence-electron chi connectivity index (χ0n) is 14.2. The molecule has 1 aliphatic rings. The smallest absolute Gasteiger partial charge is 0.325 e. The topological polar surface area (TPSA) is 106 Å². The fourth-order valence-corrected chi connectivity index (χ4v) is 3.21. The second kappa shape index (κ2) is 6.29. The summed E-state index contributed by atoms with van der Waals surface area (Å²) in [6.45, 7) is 1.63. The molecule has 1 aromatic carbocycles. The average molecular weight is 354 g/mol. The molecule has 2 heterocycles. The quantitative estimate of drug-likeness (QED) is 0.676. The molecule has 0 radical (unpaired) electrons. The number of aromatic nitrogens is 3. The lowest BCUT2D eigenvalue weighted by Gasteiger charge is -2.13. The summed E-state index contributed by atoms with van der Waals surface area (Å²) in [7, 11) is 0. The average Bonchev–Trinajstić information content (AvgIpc) is 3.37. The number of amides is 1. The normalized spacial score (nSPS) is 13.9. The summed E-state index contributed by atoms with van der Waals surface area (Å²) in [4.78, 5) is 28.4. The van der Waals surface area contributed by atoms with Crippen LogP contribution < -0.4 is 5.32 Å². The molecule has 134 valence electrons. The maximum Gasteiger partial charge on any atom is 0.325 e. The Kier molecular flexibility index (Phi) is 3.95. The van der Waals surface area contributed by atoms with Crippen LogP contribution in [0.5, 0.6) is 5.75 Å². The van der Waals surface area contributed by atoms with Crippen LogP contribution in [0.3, 0.4) is 0 Å². The highest BCUT2D eigenvalue weighted by Gasteiger charge is 2.29. The van der Waals surface area contributed by atoms with Crippen LogP contribution in [0.4, 0.5) is 0 Å². The Morgan fingerprint density at radius 3 is 2.92 bits per heavy atom. The van der Waals surface area contributed by atoms with E-state index in [1.165, 1.54) is 10.8 Å². The third-order valence-corrected chi connectivity index (χ3v) is 4.49. The van der Waals surface area contributed by atoms with Crippen molar-refractivity contribution < 1.29 is 19.4 Å². The summed E-state index contributed by atoms with van der Waals surface area (Å²) in [5.74, 6) is -0.902. The number of pyridine rings is 1. The van der Waals surface area contributed by atoms with Crippen LogP contribution in [0, 0.1) is 0 Å². The Hall–Kier alpha value is -3.16. The molecule has 0 atom stereocenters. The van der Waals surface area contributed by atoms with Crippen LogP contribution in [-0.2, 0) is 9.53 Å². The van der Waals surface area contributed by atoms with Crippen molar-refractivity contribution in [3.63, 3.8) is 0 Å². The van der Waals surface area contributed by atoms with Crippen LogP contribution >= 0.6 is 0 Å². The van der Waals surface area contributed by atoms with Gasteiger partial charge in [-0.25, -0.2) is 9.50 Å². The number of esters is 1. The first-order valence-corrected chi connectivity index (χ1v) is 8.53. The summed E-state index contributed by atoms with van der Waals surface area (Å²) in [5, 5.41) is 18.7. The molecule has 8 heteroatoms. The monoisotopic (exact) mass is 354 g/mol. The van der Waals surface area contributed by atoms with Gasteiger partial charge in [-0.05, 0) is 31.2 Å². The number of fused-ring (bicyclic) bond motifs is 3. The van der Waals surface area contributed by atoms with Crippen molar-refractivity contribution >= 4 is 28.3 Å². The Labute approximate surface area is 148 Å². The number of aromatic hydroxyl groups is 1. The van der Waals surface area contributed by atoms with E-state index in [0.717, 1.165) is 23.8 Å². The number of nitrogens with zero attached hydrogens (tertiary/aromatic N) is 3. The summed E-state index contributed by atoms with van der Waals surface area (Å²) >= 11 is 0. The zero-order valence-corrected chi connectivity index (χ0v) is 14.2. The van der Waals surface area contributed by atoms with Gasteiger partial charge in [-0.3, -0.25) is 9.59 Å². The number of ether oxygens (including phenoxy) is 1. The van der Waals surface area contributed by atoms with Gasteiger partial charge < -0.3 is 15.2 Å². The van der Waals surface area contributed by atoms with Crippen molar-refractivity contribution in [3.8, 4) is 5.75 Å². The number of carbonyl (C=O) groups is 2. The molecule has 26 heavy (non-hydrogen) atoms. The van der Waals surface area contributed by atoms with Gasteiger partial charge in [0, 0.05) is 10.8 Å². The Morgan fingerprint density at radius 1 is 1.38 bits per heavy atom. The molecule has 1 amide bonds. The molecule has 2 aromatic heterocycles. The van der Waals surface area contributed by atoms with Gasteiger partial charge in [0.1, 0.15) is 12.9 Å². The Balaban J connectivity index is 1.82. The van der Waals surface area contributed by atoms with Crippen LogP contribution in [-0.4, -0.2) is 44.7 Å². The molecule has 1 saturated carbocycles. The lowest BCUT2D eigenvalue weighted by atomic mass is 10.0. The Bertz CT molecular complexity index is 1020. The summed E-state index contributed by atoms with van der Waals surface area (Å²) in [6, 6.07) is 5.64. The fourth-order valence-electron chi connectivity index (χ4n) is 3.21. The van der Waals surface area contributed by atoms with Gasteiger partial charge in [0.25, 0.3) is 5.91 Å². The van der Waals surface area contributed by atoms with Gasteiger partial charge >= 0.3 is 5.97 Å². The molecule has 0 bridgehead atoms. The molecule has 1 aliphatic carbocycles. The molecule has 0 unspecified atom stereocenters. The van der Waals surface area contributed by atoms with Crippen LogP contribution in [0.1, 0.15) is 41.7 Å².